The molecule has 0 aliphatic rings. The molecule has 4 nitrogen and oxygen atoms in total. The van der Waals surface area contributed by atoms with Crippen LogP contribution in [-0.2, 0) is 4.79 Å². The standard InChI is InChI=1S/C16H13ClFNO3/c1-10(16(21)22)19(12-7-8-14(18)13(17)9-12)15(20)11-5-3-2-4-6-11/h2-10H,1H3,(H,21,22)/p-1/t10-/m0/s1. The molecule has 0 aromatic heterocycles. The van der Waals surface area contributed by atoms with E-state index in [-0.39, 0.29) is 10.7 Å². The average Bonchev–Trinajstić information content (AvgIpc) is 2.51. The minimum absolute atomic E-state index is 0.178. The Morgan fingerprint density at radius 1 is 1.18 bits per heavy atom. The van der Waals surface area contributed by atoms with E-state index in [4.69, 9.17) is 11.6 Å². The maximum Gasteiger partial charge on any atom is 0.258 e. The molecule has 0 fully saturated rings. The van der Waals surface area contributed by atoms with Gasteiger partial charge in [-0.05, 0) is 37.3 Å². The quantitative estimate of drug-likeness (QED) is 0.868. The zero-order valence-electron chi connectivity index (χ0n) is 11.6. The maximum atomic E-state index is 13.3. The molecule has 0 aliphatic heterocycles. The molecule has 0 heterocycles. The van der Waals surface area contributed by atoms with Crippen LogP contribution in [0.2, 0.25) is 5.02 Å². The summed E-state index contributed by atoms with van der Waals surface area (Å²) in [4.78, 5) is 24.8. The molecule has 0 saturated carbocycles. The number of rotatable bonds is 4. The molecule has 22 heavy (non-hydrogen) atoms. The van der Waals surface area contributed by atoms with E-state index in [2.05, 4.69) is 0 Å². The van der Waals surface area contributed by atoms with Crippen LogP contribution in [0.5, 0.6) is 0 Å². The molecule has 0 aliphatic carbocycles. The molecule has 2 aromatic rings. The number of amides is 1. The number of nitrogens with zero attached hydrogens (tertiary/aromatic N) is 1. The molecule has 1 amide bonds. The molecule has 1 atom stereocenters. The van der Waals surface area contributed by atoms with Crippen molar-refractivity contribution in [1.29, 1.82) is 0 Å². The van der Waals surface area contributed by atoms with Gasteiger partial charge in [0, 0.05) is 11.3 Å². The van der Waals surface area contributed by atoms with Gasteiger partial charge in [0.2, 0.25) is 0 Å². The highest BCUT2D eigenvalue weighted by molar-refractivity contribution is 6.31. The number of halogens is 2. The van der Waals surface area contributed by atoms with Crippen molar-refractivity contribution in [3.8, 4) is 0 Å². The van der Waals surface area contributed by atoms with E-state index in [1.807, 2.05) is 0 Å². The van der Waals surface area contributed by atoms with Crippen molar-refractivity contribution < 1.29 is 19.1 Å². The molecule has 0 unspecified atom stereocenters. The van der Waals surface area contributed by atoms with Gasteiger partial charge >= 0.3 is 0 Å². The molecule has 6 heteroatoms. The molecular formula is C16H12ClFNO3-. The number of carboxylic acid groups (broad SMARTS) is 1. The fraction of sp³-hybridized carbons (Fsp3) is 0.125. The zero-order valence-corrected chi connectivity index (χ0v) is 12.4. The first kappa shape index (κ1) is 16.0. The SMILES string of the molecule is C[C@@H](C(=O)[O-])N(C(=O)c1ccccc1)c1ccc(F)c(Cl)c1. The Kier molecular flexibility index (Phi) is 4.78. The number of carboxylic acids is 1. The summed E-state index contributed by atoms with van der Waals surface area (Å²) in [6.45, 7) is 1.31. The second-order valence-electron chi connectivity index (χ2n) is 4.63. The van der Waals surface area contributed by atoms with Crippen LogP contribution in [-0.4, -0.2) is 17.9 Å². The van der Waals surface area contributed by atoms with Crippen LogP contribution in [0.25, 0.3) is 0 Å². The lowest BCUT2D eigenvalue weighted by Crippen LogP contribution is -2.49. The minimum Gasteiger partial charge on any atom is -0.548 e. The third-order valence-electron chi connectivity index (χ3n) is 3.15. The van der Waals surface area contributed by atoms with Crippen LogP contribution in [0.1, 0.15) is 17.3 Å². The van der Waals surface area contributed by atoms with Crippen molar-refractivity contribution >= 4 is 29.2 Å². The fourth-order valence-corrected chi connectivity index (χ4v) is 2.15. The molecule has 114 valence electrons. The van der Waals surface area contributed by atoms with Gasteiger partial charge in [0.25, 0.3) is 5.91 Å². The summed E-state index contributed by atoms with van der Waals surface area (Å²) < 4.78 is 13.3. The van der Waals surface area contributed by atoms with E-state index in [1.165, 1.54) is 19.1 Å². The second-order valence-corrected chi connectivity index (χ2v) is 5.04. The van der Waals surface area contributed by atoms with Gasteiger partial charge in [-0.15, -0.1) is 0 Å². The Hall–Kier alpha value is -2.40. The zero-order chi connectivity index (χ0) is 16.3. The number of anilines is 1. The van der Waals surface area contributed by atoms with E-state index in [1.54, 1.807) is 30.3 Å². The predicted octanol–water partition coefficient (Wildman–Crippen LogP) is 2.26. The molecular weight excluding hydrogens is 309 g/mol. The topological polar surface area (TPSA) is 60.4 Å². The first-order chi connectivity index (χ1) is 10.4. The molecule has 0 bridgehead atoms. The fourth-order valence-electron chi connectivity index (χ4n) is 1.98. The lowest BCUT2D eigenvalue weighted by Gasteiger charge is -2.30. The Bertz CT molecular complexity index is 706. The number of hydrogen-bond acceptors (Lipinski definition) is 3. The number of carbonyl (C=O) groups excluding carboxylic acids is 2. The summed E-state index contributed by atoms with van der Waals surface area (Å²) in [5, 5.41) is 11.0. The number of hydrogen-bond donors (Lipinski definition) is 0. The molecule has 2 aromatic carbocycles. The van der Waals surface area contributed by atoms with Crippen LogP contribution >= 0.6 is 11.6 Å². The van der Waals surface area contributed by atoms with Gasteiger partial charge in [-0.1, -0.05) is 29.8 Å². The van der Waals surface area contributed by atoms with Crippen LogP contribution < -0.4 is 10.0 Å². The third kappa shape index (κ3) is 3.26. The molecule has 0 N–H and O–H groups in total. The first-order valence-corrected chi connectivity index (χ1v) is 6.84. The lowest BCUT2D eigenvalue weighted by atomic mass is 10.1. The Labute approximate surface area is 131 Å². The first-order valence-electron chi connectivity index (χ1n) is 6.46. The van der Waals surface area contributed by atoms with Gasteiger partial charge in [-0.25, -0.2) is 4.39 Å². The summed E-state index contributed by atoms with van der Waals surface area (Å²) in [6, 6.07) is 10.5. The van der Waals surface area contributed by atoms with E-state index in [9.17, 15) is 19.1 Å². The summed E-state index contributed by atoms with van der Waals surface area (Å²) in [7, 11) is 0. The third-order valence-corrected chi connectivity index (χ3v) is 3.44. The maximum absolute atomic E-state index is 13.3. The van der Waals surface area contributed by atoms with Crippen LogP contribution in [0.4, 0.5) is 10.1 Å². The highest BCUT2D eigenvalue weighted by Crippen LogP contribution is 2.25. The van der Waals surface area contributed by atoms with Crippen LogP contribution in [0.3, 0.4) is 0 Å². The Balaban J connectivity index is 2.49. The van der Waals surface area contributed by atoms with Crippen LogP contribution in [0.15, 0.2) is 48.5 Å². The summed E-state index contributed by atoms with van der Waals surface area (Å²) in [5.41, 5.74) is 0.480. The van der Waals surface area contributed by atoms with Crippen molar-refractivity contribution in [3.63, 3.8) is 0 Å². The molecule has 0 spiro atoms. The molecule has 0 saturated heterocycles. The van der Waals surface area contributed by atoms with E-state index in [0.717, 1.165) is 11.0 Å². The van der Waals surface area contributed by atoms with Gasteiger partial charge < -0.3 is 9.90 Å². The van der Waals surface area contributed by atoms with Gasteiger partial charge in [-0.2, -0.15) is 0 Å². The Morgan fingerprint density at radius 3 is 2.36 bits per heavy atom. The van der Waals surface area contributed by atoms with E-state index in [0.29, 0.717) is 5.56 Å². The second kappa shape index (κ2) is 6.58. The summed E-state index contributed by atoms with van der Waals surface area (Å²) >= 11 is 5.72. The molecule has 0 radical (unpaired) electrons. The van der Waals surface area contributed by atoms with Gasteiger partial charge in [-0.3, -0.25) is 9.69 Å². The Morgan fingerprint density at radius 2 is 1.82 bits per heavy atom. The monoisotopic (exact) mass is 320 g/mol. The summed E-state index contributed by atoms with van der Waals surface area (Å²) in [6.07, 6.45) is 0. The number of benzene rings is 2. The normalized spacial score (nSPS) is 11.8. The largest absolute Gasteiger partial charge is 0.548 e. The van der Waals surface area contributed by atoms with Gasteiger partial charge in [0.15, 0.2) is 0 Å². The predicted molar refractivity (Wildman–Crippen MR) is 79.1 cm³/mol. The van der Waals surface area contributed by atoms with Gasteiger partial charge in [0.1, 0.15) is 5.82 Å². The highest BCUT2D eigenvalue weighted by Gasteiger charge is 2.24. The number of carbonyl (C=O) groups is 2. The van der Waals surface area contributed by atoms with Crippen molar-refractivity contribution in [3.05, 3.63) is 64.9 Å². The van der Waals surface area contributed by atoms with Crippen molar-refractivity contribution in [2.45, 2.75) is 13.0 Å². The van der Waals surface area contributed by atoms with Crippen molar-refractivity contribution in [2.75, 3.05) is 4.90 Å². The average molecular weight is 321 g/mol. The minimum atomic E-state index is -1.43. The van der Waals surface area contributed by atoms with E-state index >= 15 is 0 Å². The van der Waals surface area contributed by atoms with Crippen molar-refractivity contribution in [2.24, 2.45) is 0 Å². The van der Waals surface area contributed by atoms with Crippen LogP contribution in [0, 0.1) is 5.82 Å². The molecule has 2 rings (SSSR count). The van der Waals surface area contributed by atoms with Crippen molar-refractivity contribution in [1.82, 2.24) is 0 Å². The highest BCUT2D eigenvalue weighted by atomic mass is 35.5. The summed E-state index contributed by atoms with van der Waals surface area (Å²) in [5.74, 6) is -2.62. The number of aliphatic carboxylic acids is 1. The lowest BCUT2D eigenvalue weighted by molar-refractivity contribution is -0.306. The smallest absolute Gasteiger partial charge is 0.258 e. The van der Waals surface area contributed by atoms with E-state index < -0.39 is 23.7 Å². The van der Waals surface area contributed by atoms with Gasteiger partial charge in [0.05, 0.1) is 17.0 Å².